The van der Waals surface area contributed by atoms with Gasteiger partial charge in [-0.15, -0.1) is 0 Å². The molecule has 3 aromatic rings. The number of hydrogen-bond donors (Lipinski definition) is 2. The highest BCUT2D eigenvalue weighted by molar-refractivity contribution is 7.89. The number of carbonyl (C=O) groups excluding carboxylic acids is 1. The monoisotopic (exact) mass is 499 g/mol. The highest BCUT2D eigenvalue weighted by atomic mass is 32.2. The van der Waals surface area contributed by atoms with Crippen molar-refractivity contribution in [1.82, 2.24) is 14.5 Å². The van der Waals surface area contributed by atoms with Crippen LogP contribution in [-0.4, -0.2) is 60.6 Å². The average molecular weight is 500 g/mol. The molecule has 0 saturated heterocycles. The van der Waals surface area contributed by atoms with Crippen molar-refractivity contribution in [3.63, 3.8) is 0 Å². The largest absolute Gasteiger partial charge is 0.489 e. The third-order valence-electron chi connectivity index (χ3n) is 6.65. The van der Waals surface area contributed by atoms with E-state index in [9.17, 15) is 13.2 Å². The summed E-state index contributed by atoms with van der Waals surface area (Å²) >= 11 is 0. The van der Waals surface area contributed by atoms with Crippen molar-refractivity contribution in [1.29, 1.82) is 0 Å². The lowest BCUT2D eigenvalue weighted by Crippen LogP contribution is -2.47. The summed E-state index contributed by atoms with van der Waals surface area (Å²) in [4.78, 5) is 15.3. The summed E-state index contributed by atoms with van der Waals surface area (Å²) in [5.41, 5.74) is 2.76. The zero-order chi connectivity index (χ0) is 25.4. The first-order valence-electron chi connectivity index (χ1n) is 11.8. The molecular weight excluding hydrogens is 466 g/mol. The van der Waals surface area contributed by atoms with Gasteiger partial charge in [0, 0.05) is 29.2 Å². The van der Waals surface area contributed by atoms with E-state index in [0.29, 0.717) is 28.9 Å². The van der Waals surface area contributed by atoms with E-state index in [4.69, 9.17) is 4.74 Å². The molecule has 1 aliphatic heterocycles. The number of carbonyl (C=O) groups is 1. The fourth-order valence-electron chi connectivity index (χ4n) is 4.36. The number of aromatic nitrogens is 2. The number of nitrogens with zero attached hydrogens (tertiary/aromatic N) is 3. The van der Waals surface area contributed by atoms with Crippen LogP contribution in [0.1, 0.15) is 39.7 Å². The number of H-pyrrole nitrogens is 1. The molecule has 1 amide bonds. The van der Waals surface area contributed by atoms with E-state index in [2.05, 4.69) is 41.2 Å². The molecule has 2 aromatic carbocycles. The van der Waals surface area contributed by atoms with Gasteiger partial charge in [-0.1, -0.05) is 13.8 Å². The standard InChI is InChI=1S/C25H33N5O4S/c1-6-25(4,5)30-10-11-34-21-14-19(8-9-20(21)30)27-23(31)16-29(7-2)35(32,33)22-13-17(3)12-18-15-26-28-24(18)22/h8-9,12-15H,6-7,10-11,16H2,1-5H3,(H,26,28)(H,27,31). The first-order valence-corrected chi connectivity index (χ1v) is 13.3. The maximum Gasteiger partial charge on any atom is 0.245 e. The van der Waals surface area contributed by atoms with Crippen LogP contribution in [0, 0.1) is 6.92 Å². The van der Waals surface area contributed by atoms with Crippen LogP contribution in [-0.2, 0) is 14.8 Å². The molecule has 0 fully saturated rings. The van der Waals surface area contributed by atoms with Crippen LogP contribution in [0.5, 0.6) is 5.75 Å². The zero-order valence-corrected chi connectivity index (χ0v) is 21.7. The van der Waals surface area contributed by atoms with Gasteiger partial charge in [-0.05, 0) is 57.0 Å². The molecule has 0 bridgehead atoms. The van der Waals surface area contributed by atoms with Crippen molar-refractivity contribution < 1.29 is 17.9 Å². The van der Waals surface area contributed by atoms with Crippen molar-refractivity contribution in [2.45, 2.75) is 51.5 Å². The Labute approximate surface area is 206 Å². The van der Waals surface area contributed by atoms with E-state index in [-0.39, 0.29) is 23.5 Å². The lowest BCUT2D eigenvalue weighted by Gasteiger charge is -2.43. The van der Waals surface area contributed by atoms with Gasteiger partial charge in [-0.3, -0.25) is 9.89 Å². The van der Waals surface area contributed by atoms with Crippen LogP contribution in [0.25, 0.3) is 10.9 Å². The second kappa shape index (κ2) is 9.50. The maximum absolute atomic E-state index is 13.4. The van der Waals surface area contributed by atoms with Crippen molar-refractivity contribution in [2.24, 2.45) is 0 Å². The number of amides is 1. The summed E-state index contributed by atoms with van der Waals surface area (Å²) in [6.45, 7) is 11.3. The van der Waals surface area contributed by atoms with E-state index in [1.807, 2.05) is 25.1 Å². The van der Waals surface area contributed by atoms with E-state index in [1.54, 1.807) is 25.3 Å². The molecule has 0 radical (unpaired) electrons. The molecule has 2 N–H and O–H groups in total. The molecule has 0 spiro atoms. The molecule has 35 heavy (non-hydrogen) atoms. The molecule has 9 nitrogen and oxygen atoms in total. The van der Waals surface area contributed by atoms with Crippen LogP contribution >= 0.6 is 0 Å². The topological polar surface area (TPSA) is 108 Å². The molecule has 1 aromatic heterocycles. The number of rotatable bonds is 8. The Hall–Kier alpha value is -3.11. The lowest BCUT2D eigenvalue weighted by atomic mass is 9.97. The summed E-state index contributed by atoms with van der Waals surface area (Å²) < 4.78 is 33.9. The van der Waals surface area contributed by atoms with Crippen molar-refractivity contribution in [3.05, 3.63) is 42.1 Å². The van der Waals surface area contributed by atoms with E-state index in [0.717, 1.165) is 28.5 Å². The lowest BCUT2D eigenvalue weighted by molar-refractivity contribution is -0.116. The molecule has 0 saturated carbocycles. The number of nitrogens with one attached hydrogen (secondary N) is 2. The fraction of sp³-hybridized carbons (Fsp3) is 0.440. The number of hydrogen-bond acceptors (Lipinski definition) is 6. The number of aryl methyl sites for hydroxylation is 1. The van der Waals surface area contributed by atoms with Crippen LogP contribution < -0.4 is 15.0 Å². The molecule has 0 atom stereocenters. The van der Waals surface area contributed by atoms with Gasteiger partial charge in [0.25, 0.3) is 0 Å². The van der Waals surface area contributed by atoms with Gasteiger partial charge < -0.3 is 15.0 Å². The Morgan fingerprint density at radius 3 is 2.74 bits per heavy atom. The third kappa shape index (κ3) is 4.85. The molecule has 4 rings (SSSR count). The van der Waals surface area contributed by atoms with Crippen LogP contribution in [0.15, 0.2) is 41.4 Å². The second-order valence-electron chi connectivity index (χ2n) is 9.43. The second-order valence-corrected chi connectivity index (χ2v) is 11.3. The highest BCUT2D eigenvalue weighted by Crippen LogP contribution is 2.38. The van der Waals surface area contributed by atoms with E-state index >= 15 is 0 Å². The predicted octanol–water partition coefficient (Wildman–Crippen LogP) is 3.91. The minimum Gasteiger partial charge on any atom is -0.489 e. The SMILES string of the molecule is CCN(CC(=O)Nc1ccc2c(c1)OCCN2C(C)(C)CC)S(=O)(=O)c1cc(C)cc2cn[nH]c12. The molecule has 2 heterocycles. The Bertz CT molecular complexity index is 1350. The van der Waals surface area contributed by atoms with Gasteiger partial charge in [-0.2, -0.15) is 9.40 Å². The number of anilines is 2. The van der Waals surface area contributed by atoms with Gasteiger partial charge in [0.15, 0.2) is 0 Å². The van der Waals surface area contributed by atoms with Crippen molar-refractivity contribution >= 4 is 38.2 Å². The first-order chi connectivity index (χ1) is 16.6. The number of aromatic amines is 1. The summed E-state index contributed by atoms with van der Waals surface area (Å²) in [7, 11) is -3.93. The minimum absolute atomic E-state index is 0.0187. The van der Waals surface area contributed by atoms with E-state index in [1.165, 1.54) is 0 Å². The maximum atomic E-state index is 13.4. The summed E-state index contributed by atoms with van der Waals surface area (Å²) in [6.07, 6.45) is 2.57. The molecule has 1 aliphatic rings. The van der Waals surface area contributed by atoms with Gasteiger partial charge in [-0.25, -0.2) is 8.42 Å². The molecule has 0 unspecified atom stereocenters. The Morgan fingerprint density at radius 1 is 1.26 bits per heavy atom. The highest BCUT2D eigenvalue weighted by Gasteiger charge is 2.31. The Kier molecular flexibility index (Phi) is 6.79. The Morgan fingerprint density at radius 2 is 2.03 bits per heavy atom. The number of sulfonamides is 1. The van der Waals surface area contributed by atoms with Gasteiger partial charge >= 0.3 is 0 Å². The quantitative estimate of drug-likeness (QED) is 0.487. The summed E-state index contributed by atoms with van der Waals surface area (Å²) in [5, 5.41) is 10.3. The number of fused-ring (bicyclic) bond motifs is 2. The van der Waals surface area contributed by atoms with Crippen molar-refractivity contribution in [3.8, 4) is 5.75 Å². The number of ether oxygens (including phenoxy) is 1. The molecular formula is C25H33N5O4S. The first kappa shape index (κ1) is 25.0. The average Bonchev–Trinajstić information content (AvgIpc) is 3.29. The van der Waals surface area contributed by atoms with E-state index < -0.39 is 15.9 Å². The summed E-state index contributed by atoms with van der Waals surface area (Å²) in [6, 6.07) is 9.02. The predicted molar refractivity (Wildman–Crippen MR) is 138 cm³/mol. The fourth-order valence-corrected chi connectivity index (χ4v) is 6.02. The third-order valence-corrected chi connectivity index (χ3v) is 8.60. The van der Waals surface area contributed by atoms with Crippen molar-refractivity contribution in [2.75, 3.05) is 36.5 Å². The van der Waals surface area contributed by atoms with Gasteiger partial charge in [0.05, 0.1) is 30.5 Å². The number of benzene rings is 2. The molecule has 188 valence electrons. The zero-order valence-electron chi connectivity index (χ0n) is 20.9. The normalized spacial score (nSPS) is 14.2. The number of likely N-dealkylation sites (N-methyl/N-ethyl adjacent to an activating group) is 1. The summed E-state index contributed by atoms with van der Waals surface area (Å²) in [5.74, 6) is 0.280. The van der Waals surface area contributed by atoms with Gasteiger partial charge in [0.2, 0.25) is 15.9 Å². The Balaban J connectivity index is 1.53. The smallest absolute Gasteiger partial charge is 0.245 e. The molecule has 10 heteroatoms. The van der Waals surface area contributed by atoms with Crippen LogP contribution in [0.2, 0.25) is 0 Å². The minimum atomic E-state index is -3.93. The molecule has 0 aliphatic carbocycles. The van der Waals surface area contributed by atoms with Crippen LogP contribution in [0.4, 0.5) is 11.4 Å². The van der Waals surface area contributed by atoms with Crippen LogP contribution in [0.3, 0.4) is 0 Å². The van der Waals surface area contributed by atoms with Gasteiger partial charge in [0.1, 0.15) is 17.3 Å².